The molecule has 156 valence electrons. The molecule has 3 rings (SSSR count). The minimum atomic E-state index is -3.93. The lowest BCUT2D eigenvalue weighted by atomic mass is 10.1. The van der Waals surface area contributed by atoms with Gasteiger partial charge in [0.05, 0.1) is 31.4 Å². The lowest BCUT2D eigenvalue weighted by Gasteiger charge is -2.31. The fourth-order valence-electron chi connectivity index (χ4n) is 2.89. The standard InChI is InChI=1S/C18H15Cl3F2N2O3S/c19-12-8-14(21)16(9-13(12)20)29(27,28)10-11-2-1-3-15(24-11)17(26)25-6-4-18(22,23)5-7-25/h1-3,8-9H,4-7,10H2. The van der Waals surface area contributed by atoms with Gasteiger partial charge in [0.25, 0.3) is 11.8 Å². The van der Waals surface area contributed by atoms with Gasteiger partial charge >= 0.3 is 0 Å². The molecule has 2 aromatic rings. The van der Waals surface area contributed by atoms with Crippen LogP contribution in [0.4, 0.5) is 8.78 Å². The predicted molar refractivity (Wildman–Crippen MR) is 107 cm³/mol. The third-order valence-corrected chi connectivity index (χ3v) is 7.29. The van der Waals surface area contributed by atoms with Crippen LogP contribution in [0.2, 0.25) is 15.1 Å². The Morgan fingerprint density at radius 3 is 2.34 bits per heavy atom. The van der Waals surface area contributed by atoms with Crippen LogP contribution in [-0.2, 0) is 15.6 Å². The second-order valence-corrected chi connectivity index (χ2v) is 9.80. The van der Waals surface area contributed by atoms with Crippen molar-refractivity contribution in [3.05, 3.63) is 56.8 Å². The number of carbonyl (C=O) groups excluding carboxylic acids is 1. The van der Waals surface area contributed by atoms with Gasteiger partial charge in [-0.3, -0.25) is 4.79 Å². The van der Waals surface area contributed by atoms with Crippen LogP contribution in [0.25, 0.3) is 0 Å². The first kappa shape index (κ1) is 22.2. The molecule has 1 fully saturated rings. The van der Waals surface area contributed by atoms with Gasteiger partial charge in [0.2, 0.25) is 0 Å². The average molecular weight is 484 g/mol. The molecule has 1 aliphatic rings. The molecule has 11 heteroatoms. The summed E-state index contributed by atoms with van der Waals surface area (Å²) in [6.07, 6.45) is -0.828. The topological polar surface area (TPSA) is 67.3 Å². The van der Waals surface area contributed by atoms with E-state index in [0.29, 0.717) is 0 Å². The Morgan fingerprint density at radius 2 is 1.69 bits per heavy atom. The number of amides is 1. The number of hydrogen-bond acceptors (Lipinski definition) is 4. The largest absolute Gasteiger partial charge is 0.337 e. The molecule has 1 saturated heterocycles. The number of sulfone groups is 1. The van der Waals surface area contributed by atoms with Crippen molar-refractivity contribution < 1.29 is 22.0 Å². The fourth-order valence-corrected chi connectivity index (χ4v) is 5.22. The first-order valence-electron chi connectivity index (χ1n) is 8.49. The summed E-state index contributed by atoms with van der Waals surface area (Å²) in [6, 6.07) is 6.74. The summed E-state index contributed by atoms with van der Waals surface area (Å²) in [6.45, 7) is -0.177. The number of rotatable bonds is 4. The maximum Gasteiger partial charge on any atom is 0.272 e. The fraction of sp³-hybridized carbons (Fsp3) is 0.333. The number of nitrogens with zero attached hydrogens (tertiary/aromatic N) is 2. The lowest BCUT2D eigenvalue weighted by molar-refractivity contribution is -0.0495. The van der Waals surface area contributed by atoms with E-state index in [-0.39, 0.29) is 44.4 Å². The van der Waals surface area contributed by atoms with Crippen molar-refractivity contribution >= 4 is 50.5 Å². The summed E-state index contributed by atoms with van der Waals surface area (Å²) < 4.78 is 52.1. The zero-order valence-electron chi connectivity index (χ0n) is 14.8. The maximum absolute atomic E-state index is 13.3. The zero-order valence-corrected chi connectivity index (χ0v) is 17.9. The van der Waals surface area contributed by atoms with Gasteiger partial charge < -0.3 is 4.90 Å². The molecule has 0 saturated carbocycles. The molecule has 1 amide bonds. The summed E-state index contributed by atoms with van der Waals surface area (Å²) in [5.74, 6) is -3.82. The van der Waals surface area contributed by atoms with Crippen molar-refractivity contribution in [3.8, 4) is 0 Å². The highest BCUT2D eigenvalue weighted by Gasteiger charge is 2.36. The molecular weight excluding hydrogens is 469 g/mol. The summed E-state index contributed by atoms with van der Waals surface area (Å²) in [7, 11) is -3.93. The van der Waals surface area contributed by atoms with E-state index < -0.39 is 40.3 Å². The van der Waals surface area contributed by atoms with Crippen LogP contribution in [0.15, 0.2) is 35.2 Å². The molecule has 1 aromatic carbocycles. The Morgan fingerprint density at radius 1 is 1.07 bits per heavy atom. The molecule has 0 atom stereocenters. The molecule has 0 N–H and O–H groups in total. The number of hydrogen-bond donors (Lipinski definition) is 0. The van der Waals surface area contributed by atoms with Gasteiger partial charge in [-0.15, -0.1) is 0 Å². The van der Waals surface area contributed by atoms with E-state index in [1.807, 2.05) is 0 Å². The molecule has 2 heterocycles. The molecule has 1 aliphatic heterocycles. The molecule has 0 bridgehead atoms. The minimum absolute atomic E-state index is 0.0110. The Kier molecular flexibility index (Phi) is 6.38. The van der Waals surface area contributed by atoms with Crippen LogP contribution >= 0.6 is 34.8 Å². The Bertz CT molecular complexity index is 1050. The van der Waals surface area contributed by atoms with Crippen LogP contribution in [-0.4, -0.2) is 43.2 Å². The molecule has 0 radical (unpaired) electrons. The minimum Gasteiger partial charge on any atom is -0.337 e. The number of likely N-dealkylation sites (tertiary alicyclic amines) is 1. The van der Waals surface area contributed by atoms with Gasteiger partial charge in [-0.1, -0.05) is 40.9 Å². The van der Waals surface area contributed by atoms with Gasteiger partial charge in [-0.25, -0.2) is 22.2 Å². The highest BCUT2D eigenvalue weighted by atomic mass is 35.5. The Hall–Kier alpha value is -1.48. The number of pyridine rings is 1. The predicted octanol–water partition coefficient (Wildman–Crippen LogP) is 4.89. The van der Waals surface area contributed by atoms with Crippen LogP contribution in [0, 0.1) is 0 Å². The Labute approximate surface area is 181 Å². The van der Waals surface area contributed by atoms with Gasteiger partial charge in [0.15, 0.2) is 9.84 Å². The molecule has 0 aliphatic carbocycles. The highest BCUT2D eigenvalue weighted by Crippen LogP contribution is 2.33. The number of alkyl halides is 2. The van der Waals surface area contributed by atoms with E-state index in [0.717, 1.165) is 6.07 Å². The van der Waals surface area contributed by atoms with Crippen molar-refractivity contribution in [1.29, 1.82) is 0 Å². The smallest absolute Gasteiger partial charge is 0.272 e. The zero-order chi connectivity index (χ0) is 21.4. The van der Waals surface area contributed by atoms with Crippen molar-refractivity contribution in [2.75, 3.05) is 13.1 Å². The van der Waals surface area contributed by atoms with E-state index in [4.69, 9.17) is 34.8 Å². The van der Waals surface area contributed by atoms with E-state index in [2.05, 4.69) is 4.98 Å². The highest BCUT2D eigenvalue weighted by molar-refractivity contribution is 7.90. The summed E-state index contributed by atoms with van der Waals surface area (Å²) in [5.41, 5.74) is 0.100. The molecule has 29 heavy (non-hydrogen) atoms. The van der Waals surface area contributed by atoms with Crippen molar-refractivity contribution in [1.82, 2.24) is 9.88 Å². The van der Waals surface area contributed by atoms with E-state index in [9.17, 15) is 22.0 Å². The van der Waals surface area contributed by atoms with Gasteiger partial charge in [-0.05, 0) is 24.3 Å². The second-order valence-electron chi connectivity index (χ2n) is 6.62. The van der Waals surface area contributed by atoms with Crippen LogP contribution < -0.4 is 0 Å². The Balaban J connectivity index is 1.81. The van der Waals surface area contributed by atoms with E-state index in [1.54, 1.807) is 0 Å². The quantitative estimate of drug-likeness (QED) is 0.581. The summed E-state index contributed by atoms with van der Waals surface area (Å²) in [5, 5.41) is 0.0720. The molecule has 1 aromatic heterocycles. The summed E-state index contributed by atoms with van der Waals surface area (Å²) >= 11 is 17.7. The summed E-state index contributed by atoms with van der Waals surface area (Å²) in [4.78, 5) is 17.7. The van der Waals surface area contributed by atoms with Gasteiger partial charge in [0.1, 0.15) is 5.69 Å². The molecule has 0 unspecified atom stereocenters. The van der Waals surface area contributed by atoms with Crippen molar-refractivity contribution in [3.63, 3.8) is 0 Å². The normalized spacial score (nSPS) is 16.7. The van der Waals surface area contributed by atoms with Crippen LogP contribution in [0.3, 0.4) is 0 Å². The number of carbonyl (C=O) groups is 1. The maximum atomic E-state index is 13.3. The first-order chi connectivity index (χ1) is 13.5. The third kappa shape index (κ3) is 5.17. The lowest BCUT2D eigenvalue weighted by Crippen LogP contribution is -2.43. The second kappa shape index (κ2) is 8.34. The van der Waals surface area contributed by atoms with Crippen LogP contribution in [0.5, 0.6) is 0 Å². The van der Waals surface area contributed by atoms with E-state index in [1.165, 1.54) is 29.2 Å². The van der Waals surface area contributed by atoms with E-state index >= 15 is 0 Å². The number of aromatic nitrogens is 1. The van der Waals surface area contributed by atoms with Crippen LogP contribution in [0.1, 0.15) is 29.0 Å². The SMILES string of the molecule is O=C(c1cccc(CS(=O)(=O)c2cc(Cl)c(Cl)cc2Cl)n1)N1CCC(F)(F)CC1. The van der Waals surface area contributed by atoms with Crippen molar-refractivity contribution in [2.24, 2.45) is 0 Å². The number of benzene rings is 1. The molecule has 5 nitrogen and oxygen atoms in total. The first-order valence-corrected chi connectivity index (χ1v) is 11.3. The average Bonchev–Trinajstić information content (AvgIpc) is 2.64. The van der Waals surface area contributed by atoms with Crippen molar-refractivity contribution in [2.45, 2.75) is 29.4 Å². The van der Waals surface area contributed by atoms with Gasteiger partial charge in [-0.2, -0.15) is 0 Å². The number of halogens is 5. The molecular formula is C18H15Cl3F2N2O3S. The third-order valence-electron chi connectivity index (χ3n) is 4.46. The monoisotopic (exact) mass is 482 g/mol. The number of piperidine rings is 1. The van der Waals surface area contributed by atoms with Gasteiger partial charge in [0, 0.05) is 25.9 Å². The molecule has 0 spiro atoms.